The molecule has 0 bridgehead atoms. The fourth-order valence-corrected chi connectivity index (χ4v) is 3.53. The maximum Gasteiger partial charge on any atom is 0.0589 e. The number of hydrogen-bond acceptors (Lipinski definition) is 4. The Morgan fingerprint density at radius 2 is 1.63 bits per heavy atom. The van der Waals surface area contributed by atoms with Crippen molar-refractivity contribution >= 4 is 0 Å². The molecule has 0 aromatic carbocycles. The molecule has 1 atom stereocenters. The summed E-state index contributed by atoms with van der Waals surface area (Å²) < 4.78 is 10.5. The molecule has 1 aliphatic carbocycles. The highest BCUT2D eigenvalue weighted by Gasteiger charge is 2.42. The second kappa shape index (κ2) is 7.58. The summed E-state index contributed by atoms with van der Waals surface area (Å²) in [5, 5.41) is 0. The van der Waals surface area contributed by atoms with Crippen LogP contribution in [-0.2, 0) is 9.47 Å². The average Bonchev–Trinajstić information content (AvgIpc) is 2.37. The molecule has 0 radical (unpaired) electrons. The first-order chi connectivity index (χ1) is 8.99. The number of nitrogens with two attached hydrogens (primary N) is 1. The molecule has 0 amide bonds. The first-order valence-electron chi connectivity index (χ1n) is 7.43. The van der Waals surface area contributed by atoms with Crippen LogP contribution in [0.15, 0.2) is 0 Å². The van der Waals surface area contributed by atoms with Gasteiger partial charge in [0.15, 0.2) is 0 Å². The van der Waals surface area contributed by atoms with Gasteiger partial charge in [-0.05, 0) is 24.7 Å². The van der Waals surface area contributed by atoms with Gasteiger partial charge in [-0.1, -0.05) is 20.3 Å². The van der Waals surface area contributed by atoms with E-state index >= 15 is 0 Å². The highest BCUT2D eigenvalue weighted by atomic mass is 16.5. The van der Waals surface area contributed by atoms with Crippen molar-refractivity contribution in [3.05, 3.63) is 0 Å². The smallest absolute Gasteiger partial charge is 0.0589 e. The summed E-state index contributed by atoms with van der Waals surface area (Å²) in [7, 11) is 3.52. The highest BCUT2D eigenvalue weighted by Crippen LogP contribution is 2.43. The molecule has 0 aromatic heterocycles. The molecule has 0 aromatic rings. The van der Waals surface area contributed by atoms with Crippen LogP contribution in [0.2, 0.25) is 0 Å². The fourth-order valence-electron chi connectivity index (χ4n) is 3.53. The molecule has 1 aliphatic rings. The lowest BCUT2D eigenvalue weighted by molar-refractivity contribution is -0.0158. The third-order valence-corrected chi connectivity index (χ3v) is 4.48. The van der Waals surface area contributed by atoms with Crippen LogP contribution in [0.25, 0.3) is 0 Å². The van der Waals surface area contributed by atoms with Gasteiger partial charge in [0.25, 0.3) is 0 Å². The van der Waals surface area contributed by atoms with Crippen LogP contribution in [0.3, 0.4) is 0 Å². The SMILES string of the molecule is COCCN(CCOC)C1(CN)CCCC(C)(C)C1. The van der Waals surface area contributed by atoms with Crippen LogP contribution in [0.5, 0.6) is 0 Å². The first-order valence-corrected chi connectivity index (χ1v) is 7.43. The highest BCUT2D eigenvalue weighted by molar-refractivity contribution is 4.99. The van der Waals surface area contributed by atoms with Gasteiger partial charge in [0.2, 0.25) is 0 Å². The molecule has 1 saturated carbocycles. The van der Waals surface area contributed by atoms with E-state index in [-0.39, 0.29) is 5.54 Å². The van der Waals surface area contributed by atoms with Crippen LogP contribution in [0.1, 0.15) is 39.5 Å². The third kappa shape index (κ3) is 4.71. The van der Waals surface area contributed by atoms with E-state index in [0.717, 1.165) is 32.8 Å². The van der Waals surface area contributed by atoms with Crippen LogP contribution in [-0.4, -0.2) is 57.5 Å². The molecule has 1 unspecified atom stereocenters. The Morgan fingerprint density at radius 1 is 1.05 bits per heavy atom. The molecule has 2 N–H and O–H groups in total. The van der Waals surface area contributed by atoms with E-state index in [2.05, 4.69) is 18.7 Å². The average molecular weight is 272 g/mol. The number of nitrogens with zero attached hydrogens (tertiary/aromatic N) is 1. The third-order valence-electron chi connectivity index (χ3n) is 4.48. The lowest BCUT2D eigenvalue weighted by atomic mass is 9.67. The summed E-state index contributed by atoms with van der Waals surface area (Å²) in [4.78, 5) is 2.50. The van der Waals surface area contributed by atoms with Crippen molar-refractivity contribution in [2.75, 3.05) is 47.1 Å². The van der Waals surface area contributed by atoms with Gasteiger partial charge in [-0.15, -0.1) is 0 Å². The number of hydrogen-bond donors (Lipinski definition) is 1. The predicted molar refractivity (Wildman–Crippen MR) is 79.4 cm³/mol. The molecule has 19 heavy (non-hydrogen) atoms. The van der Waals surface area contributed by atoms with E-state index in [9.17, 15) is 0 Å². The van der Waals surface area contributed by atoms with E-state index in [4.69, 9.17) is 15.2 Å². The summed E-state index contributed by atoms with van der Waals surface area (Å²) in [6.07, 6.45) is 4.93. The van der Waals surface area contributed by atoms with Crippen LogP contribution in [0, 0.1) is 5.41 Å². The summed E-state index contributed by atoms with van der Waals surface area (Å²) in [6, 6.07) is 0. The molecule has 0 saturated heterocycles. The topological polar surface area (TPSA) is 47.7 Å². The Morgan fingerprint density at radius 3 is 2.05 bits per heavy atom. The standard InChI is InChI=1S/C15H32N2O2/c1-14(2)6-5-7-15(12-14,13-16)17(8-10-18-3)9-11-19-4/h5-13,16H2,1-4H3. The number of rotatable bonds is 8. The molecular formula is C15H32N2O2. The molecule has 4 heteroatoms. The minimum absolute atomic E-state index is 0.124. The molecule has 0 aliphatic heterocycles. The van der Waals surface area contributed by atoms with Crippen molar-refractivity contribution in [3.63, 3.8) is 0 Å². The second-order valence-electron chi connectivity index (χ2n) is 6.60. The summed E-state index contributed by atoms with van der Waals surface area (Å²) >= 11 is 0. The normalized spacial score (nSPS) is 26.8. The fraction of sp³-hybridized carbons (Fsp3) is 1.00. The minimum Gasteiger partial charge on any atom is -0.383 e. The lowest BCUT2D eigenvalue weighted by Gasteiger charge is -2.51. The van der Waals surface area contributed by atoms with Crippen LogP contribution >= 0.6 is 0 Å². The van der Waals surface area contributed by atoms with E-state index in [0.29, 0.717) is 5.41 Å². The maximum absolute atomic E-state index is 6.18. The van der Waals surface area contributed by atoms with Gasteiger partial charge in [-0.3, -0.25) is 4.90 Å². The Balaban J connectivity index is 2.79. The van der Waals surface area contributed by atoms with Crippen LogP contribution < -0.4 is 5.73 Å². The molecule has 1 rings (SSSR count). The lowest BCUT2D eigenvalue weighted by Crippen LogP contribution is -2.59. The van der Waals surface area contributed by atoms with Gasteiger partial charge in [0.05, 0.1) is 13.2 Å². The van der Waals surface area contributed by atoms with Crippen molar-refractivity contribution < 1.29 is 9.47 Å². The molecule has 0 spiro atoms. The van der Waals surface area contributed by atoms with Crippen LogP contribution in [0.4, 0.5) is 0 Å². The zero-order valence-electron chi connectivity index (χ0n) is 13.2. The quantitative estimate of drug-likeness (QED) is 0.733. The Labute approximate surface area is 118 Å². The number of ether oxygens (including phenoxy) is 2. The first kappa shape index (κ1) is 16.9. The minimum atomic E-state index is 0.124. The monoisotopic (exact) mass is 272 g/mol. The van der Waals surface area contributed by atoms with Gasteiger partial charge in [0.1, 0.15) is 0 Å². The summed E-state index contributed by atoms with van der Waals surface area (Å²) in [5.74, 6) is 0. The van der Waals surface area contributed by atoms with Gasteiger partial charge in [-0.25, -0.2) is 0 Å². The zero-order valence-corrected chi connectivity index (χ0v) is 13.2. The van der Waals surface area contributed by atoms with Gasteiger partial charge < -0.3 is 15.2 Å². The van der Waals surface area contributed by atoms with Crippen molar-refractivity contribution in [1.29, 1.82) is 0 Å². The largest absolute Gasteiger partial charge is 0.383 e. The van der Waals surface area contributed by atoms with Gasteiger partial charge in [0, 0.05) is 39.4 Å². The van der Waals surface area contributed by atoms with Gasteiger partial charge >= 0.3 is 0 Å². The Bertz CT molecular complexity index is 251. The number of methoxy groups -OCH3 is 2. The van der Waals surface area contributed by atoms with Crippen molar-refractivity contribution in [3.8, 4) is 0 Å². The van der Waals surface area contributed by atoms with E-state index in [1.807, 2.05) is 0 Å². The van der Waals surface area contributed by atoms with E-state index < -0.39 is 0 Å². The van der Waals surface area contributed by atoms with E-state index in [1.165, 1.54) is 25.7 Å². The molecule has 4 nitrogen and oxygen atoms in total. The zero-order chi connectivity index (χ0) is 14.4. The molecule has 0 heterocycles. The van der Waals surface area contributed by atoms with E-state index in [1.54, 1.807) is 14.2 Å². The van der Waals surface area contributed by atoms with Crippen molar-refractivity contribution in [2.24, 2.45) is 11.1 Å². The molecule has 114 valence electrons. The second-order valence-corrected chi connectivity index (χ2v) is 6.60. The van der Waals surface area contributed by atoms with Gasteiger partial charge in [-0.2, -0.15) is 0 Å². The summed E-state index contributed by atoms with van der Waals surface area (Å²) in [6.45, 7) is 8.84. The van der Waals surface area contributed by atoms with Crippen molar-refractivity contribution in [2.45, 2.75) is 45.1 Å². The Hall–Kier alpha value is -0.160. The maximum atomic E-state index is 6.18. The predicted octanol–water partition coefficient (Wildman–Crippen LogP) is 1.88. The Kier molecular flexibility index (Phi) is 6.74. The summed E-state index contributed by atoms with van der Waals surface area (Å²) in [5.41, 5.74) is 6.69. The van der Waals surface area contributed by atoms with Crippen molar-refractivity contribution in [1.82, 2.24) is 4.90 Å². The molecular weight excluding hydrogens is 240 g/mol. The molecule has 1 fully saturated rings.